The van der Waals surface area contributed by atoms with Gasteiger partial charge in [-0.1, -0.05) is 30.1 Å². The van der Waals surface area contributed by atoms with E-state index in [4.69, 9.17) is 28.9 Å². The number of carbonyl (C=O) groups excluding carboxylic acids is 1. The van der Waals surface area contributed by atoms with E-state index in [-0.39, 0.29) is 27.9 Å². The normalized spacial score (nSPS) is 14.2. The van der Waals surface area contributed by atoms with Gasteiger partial charge in [-0.05, 0) is 19.1 Å². The fourth-order valence-corrected chi connectivity index (χ4v) is 1.61. The first-order chi connectivity index (χ1) is 7.82. The van der Waals surface area contributed by atoms with Crippen LogP contribution in [0.2, 0.25) is 10.0 Å². The van der Waals surface area contributed by atoms with E-state index >= 15 is 0 Å². The highest BCUT2D eigenvalue weighted by atomic mass is 35.5. The molecule has 1 rings (SSSR count). The molecule has 0 bridgehead atoms. The van der Waals surface area contributed by atoms with Gasteiger partial charge in [0.25, 0.3) is 0 Å². The van der Waals surface area contributed by atoms with Gasteiger partial charge < -0.3 is 11.1 Å². The van der Waals surface area contributed by atoms with E-state index in [9.17, 15) is 9.18 Å². The van der Waals surface area contributed by atoms with Gasteiger partial charge in [0, 0.05) is 11.7 Å². The first-order valence-electron chi connectivity index (χ1n) is 5.04. The van der Waals surface area contributed by atoms with E-state index in [1.165, 1.54) is 12.1 Å². The number of anilines is 1. The van der Waals surface area contributed by atoms with Crippen LogP contribution in [0.3, 0.4) is 0 Å². The van der Waals surface area contributed by atoms with Crippen LogP contribution in [0.1, 0.15) is 13.8 Å². The average Bonchev–Trinajstić information content (AvgIpc) is 2.24. The Morgan fingerprint density at radius 1 is 1.35 bits per heavy atom. The molecule has 1 aromatic carbocycles. The van der Waals surface area contributed by atoms with E-state index in [2.05, 4.69) is 5.32 Å². The highest BCUT2D eigenvalue weighted by molar-refractivity contribution is 6.35. The standard InChI is InChI=1S/C11H13Cl2FN2O/c1-5(6(2)15)11(17)16-7-3-8(12)10(14)9(13)4-7/h3-6H,15H2,1-2H3,(H,16,17). The summed E-state index contributed by atoms with van der Waals surface area (Å²) in [6.07, 6.45) is 0. The molecule has 0 fully saturated rings. The van der Waals surface area contributed by atoms with Crippen molar-refractivity contribution in [2.75, 3.05) is 5.32 Å². The Morgan fingerprint density at radius 2 is 1.82 bits per heavy atom. The number of nitrogens with one attached hydrogen (secondary N) is 1. The highest BCUT2D eigenvalue weighted by Crippen LogP contribution is 2.27. The molecule has 2 unspecified atom stereocenters. The predicted octanol–water partition coefficient (Wildman–Crippen LogP) is 3.05. The second-order valence-electron chi connectivity index (χ2n) is 3.89. The second kappa shape index (κ2) is 5.67. The maximum absolute atomic E-state index is 13.1. The van der Waals surface area contributed by atoms with Gasteiger partial charge in [-0.25, -0.2) is 4.39 Å². The maximum Gasteiger partial charge on any atom is 0.228 e. The van der Waals surface area contributed by atoms with E-state index < -0.39 is 5.82 Å². The Bertz CT molecular complexity index is 414. The topological polar surface area (TPSA) is 55.1 Å². The van der Waals surface area contributed by atoms with Gasteiger partial charge in [0.2, 0.25) is 5.91 Å². The molecule has 6 heteroatoms. The van der Waals surface area contributed by atoms with E-state index in [1.807, 2.05) is 0 Å². The fourth-order valence-electron chi connectivity index (χ4n) is 1.12. The molecule has 0 saturated carbocycles. The van der Waals surface area contributed by atoms with Crippen LogP contribution in [0.4, 0.5) is 10.1 Å². The van der Waals surface area contributed by atoms with Gasteiger partial charge in [0.05, 0.1) is 16.0 Å². The summed E-state index contributed by atoms with van der Waals surface area (Å²) in [7, 11) is 0. The second-order valence-corrected chi connectivity index (χ2v) is 4.71. The monoisotopic (exact) mass is 278 g/mol. The average molecular weight is 279 g/mol. The smallest absolute Gasteiger partial charge is 0.228 e. The van der Waals surface area contributed by atoms with Gasteiger partial charge in [0.15, 0.2) is 5.82 Å². The molecule has 0 radical (unpaired) electrons. The minimum atomic E-state index is -0.702. The predicted molar refractivity (Wildman–Crippen MR) is 67.9 cm³/mol. The molecular formula is C11H13Cl2FN2O. The molecule has 2 atom stereocenters. The van der Waals surface area contributed by atoms with Gasteiger partial charge in [0.1, 0.15) is 0 Å². The molecule has 1 aromatic rings. The third-order valence-corrected chi connectivity index (χ3v) is 3.00. The van der Waals surface area contributed by atoms with Crippen molar-refractivity contribution in [3.8, 4) is 0 Å². The van der Waals surface area contributed by atoms with Crippen LogP contribution < -0.4 is 11.1 Å². The van der Waals surface area contributed by atoms with Gasteiger partial charge in [-0.15, -0.1) is 0 Å². The lowest BCUT2D eigenvalue weighted by Gasteiger charge is -2.15. The summed E-state index contributed by atoms with van der Waals surface area (Å²) in [4.78, 5) is 11.7. The lowest BCUT2D eigenvalue weighted by atomic mass is 10.0. The molecule has 0 spiro atoms. The van der Waals surface area contributed by atoms with Crippen LogP contribution in [0.15, 0.2) is 12.1 Å². The fraction of sp³-hybridized carbons (Fsp3) is 0.364. The Balaban J connectivity index is 2.86. The summed E-state index contributed by atoms with van der Waals surface area (Å²) in [6.45, 7) is 3.43. The zero-order chi connectivity index (χ0) is 13.2. The molecule has 0 heterocycles. The third-order valence-electron chi connectivity index (χ3n) is 2.45. The number of benzene rings is 1. The molecule has 0 aromatic heterocycles. The Hall–Kier alpha value is -0.840. The van der Waals surface area contributed by atoms with Gasteiger partial charge in [-0.2, -0.15) is 0 Å². The van der Waals surface area contributed by atoms with Gasteiger partial charge >= 0.3 is 0 Å². The summed E-state index contributed by atoms with van der Waals surface area (Å²) in [5.41, 5.74) is 5.95. The van der Waals surface area contributed by atoms with Crippen LogP contribution in [0.5, 0.6) is 0 Å². The van der Waals surface area contributed by atoms with Crippen molar-refractivity contribution in [3.05, 3.63) is 28.0 Å². The lowest BCUT2D eigenvalue weighted by Crippen LogP contribution is -2.34. The highest BCUT2D eigenvalue weighted by Gasteiger charge is 2.18. The van der Waals surface area contributed by atoms with Gasteiger partial charge in [-0.3, -0.25) is 4.79 Å². The van der Waals surface area contributed by atoms with Crippen LogP contribution in [-0.2, 0) is 4.79 Å². The number of carbonyl (C=O) groups is 1. The summed E-state index contributed by atoms with van der Waals surface area (Å²) in [5.74, 6) is -1.33. The Labute approximate surface area is 109 Å². The molecule has 94 valence electrons. The molecular weight excluding hydrogens is 266 g/mol. The maximum atomic E-state index is 13.1. The van der Waals surface area contributed by atoms with Crippen molar-refractivity contribution in [2.45, 2.75) is 19.9 Å². The van der Waals surface area contributed by atoms with Crippen LogP contribution in [0.25, 0.3) is 0 Å². The van der Waals surface area contributed by atoms with Crippen molar-refractivity contribution in [1.82, 2.24) is 0 Å². The Kier molecular flexibility index (Phi) is 4.74. The molecule has 0 aliphatic carbocycles. The Morgan fingerprint density at radius 3 is 2.24 bits per heavy atom. The summed E-state index contributed by atoms with van der Waals surface area (Å²) in [5, 5.41) is 2.30. The molecule has 1 amide bonds. The summed E-state index contributed by atoms with van der Waals surface area (Å²) in [6, 6.07) is 2.32. The quantitative estimate of drug-likeness (QED) is 0.835. The minimum Gasteiger partial charge on any atom is -0.327 e. The SMILES string of the molecule is CC(N)C(C)C(=O)Nc1cc(Cl)c(F)c(Cl)c1. The van der Waals surface area contributed by atoms with Crippen LogP contribution in [-0.4, -0.2) is 11.9 Å². The van der Waals surface area contributed by atoms with E-state index in [0.29, 0.717) is 5.69 Å². The number of hydrogen-bond donors (Lipinski definition) is 2. The van der Waals surface area contributed by atoms with Crippen molar-refractivity contribution < 1.29 is 9.18 Å². The molecule has 0 aliphatic heterocycles. The summed E-state index contributed by atoms with van der Waals surface area (Å²) >= 11 is 11.2. The minimum absolute atomic E-state index is 0.138. The zero-order valence-corrected chi connectivity index (χ0v) is 10.9. The molecule has 0 saturated heterocycles. The van der Waals surface area contributed by atoms with Crippen molar-refractivity contribution in [3.63, 3.8) is 0 Å². The zero-order valence-electron chi connectivity index (χ0n) is 9.43. The van der Waals surface area contributed by atoms with Crippen molar-refractivity contribution >= 4 is 34.8 Å². The van der Waals surface area contributed by atoms with E-state index in [0.717, 1.165) is 0 Å². The van der Waals surface area contributed by atoms with Crippen LogP contribution in [0, 0.1) is 11.7 Å². The van der Waals surface area contributed by atoms with E-state index in [1.54, 1.807) is 13.8 Å². The largest absolute Gasteiger partial charge is 0.327 e. The molecule has 17 heavy (non-hydrogen) atoms. The van der Waals surface area contributed by atoms with Crippen molar-refractivity contribution in [2.24, 2.45) is 11.7 Å². The first-order valence-corrected chi connectivity index (χ1v) is 5.79. The van der Waals surface area contributed by atoms with Crippen LogP contribution >= 0.6 is 23.2 Å². The number of hydrogen-bond acceptors (Lipinski definition) is 2. The lowest BCUT2D eigenvalue weighted by molar-refractivity contribution is -0.119. The molecule has 3 N–H and O–H groups in total. The molecule has 3 nitrogen and oxygen atoms in total. The number of halogens is 3. The summed E-state index contributed by atoms with van der Waals surface area (Å²) < 4.78 is 13.1. The number of nitrogens with two attached hydrogens (primary N) is 1. The third kappa shape index (κ3) is 3.56. The first kappa shape index (κ1) is 14.2. The molecule has 0 aliphatic rings. The van der Waals surface area contributed by atoms with Crippen molar-refractivity contribution in [1.29, 1.82) is 0 Å². The number of rotatable bonds is 3. The number of amides is 1.